The Kier molecular flexibility index (Phi) is 4.37. The molecule has 0 N–H and O–H groups in total. The third-order valence-corrected chi connectivity index (χ3v) is 8.42. The second-order valence-electron chi connectivity index (χ2n) is 9.14. The van der Waals surface area contributed by atoms with Crippen LogP contribution < -0.4 is 0 Å². The molecule has 2 aliphatic carbocycles. The molecule has 1 amide bonds. The maximum absolute atomic E-state index is 12.8. The molecule has 4 nitrogen and oxygen atoms in total. The van der Waals surface area contributed by atoms with Gasteiger partial charge in [-0.15, -0.1) is 11.3 Å². The zero-order valence-electron chi connectivity index (χ0n) is 16.0. The van der Waals surface area contributed by atoms with Crippen LogP contribution in [0.5, 0.6) is 0 Å². The number of amides is 1. The Bertz CT molecular complexity index is 675. The zero-order valence-corrected chi connectivity index (χ0v) is 16.8. The lowest BCUT2D eigenvalue weighted by Gasteiger charge is -2.35. The van der Waals surface area contributed by atoms with Crippen molar-refractivity contribution >= 4 is 17.2 Å². The maximum Gasteiger partial charge on any atom is 0.236 e. The molecule has 3 fully saturated rings. The van der Waals surface area contributed by atoms with E-state index in [1.54, 1.807) is 0 Å². The van der Waals surface area contributed by atoms with Gasteiger partial charge in [-0.2, -0.15) is 0 Å². The van der Waals surface area contributed by atoms with Crippen LogP contribution in [-0.4, -0.2) is 66.4 Å². The number of hydrogen-bond donors (Lipinski definition) is 0. The predicted molar refractivity (Wildman–Crippen MR) is 105 cm³/mol. The van der Waals surface area contributed by atoms with E-state index in [0.717, 1.165) is 44.6 Å². The van der Waals surface area contributed by atoms with E-state index in [0.29, 0.717) is 17.9 Å². The number of rotatable bonds is 5. The highest BCUT2D eigenvalue weighted by Gasteiger charge is 2.55. The summed E-state index contributed by atoms with van der Waals surface area (Å²) in [4.78, 5) is 21.4. The quantitative estimate of drug-likeness (QED) is 0.794. The Morgan fingerprint density at radius 3 is 2.88 bits per heavy atom. The summed E-state index contributed by atoms with van der Waals surface area (Å²) < 4.78 is 0. The van der Waals surface area contributed by atoms with Crippen LogP contribution >= 0.6 is 11.3 Å². The van der Waals surface area contributed by atoms with Gasteiger partial charge in [-0.25, -0.2) is 0 Å². The molecule has 1 unspecified atom stereocenters. The van der Waals surface area contributed by atoms with Gasteiger partial charge in [0.25, 0.3) is 0 Å². The fourth-order valence-corrected chi connectivity index (χ4v) is 6.14. The summed E-state index contributed by atoms with van der Waals surface area (Å²) in [5, 5.41) is 2.19. The molecule has 1 atom stereocenters. The summed E-state index contributed by atoms with van der Waals surface area (Å²) >= 11 is 1.87. The lowest BCUT2D eigenvalue weighted by Crippen LogP contribution is -2.46. The minimum absolute atomic E-state index is 0.353. The second kappa shape index (κ2) is 6.61. The number of fused-ring (bicyclic) bond motifs is 1. The number of hydrogen-bond acceptors (Lipinski definition) is 4. The van der Waals surface area contributed by atoms with Crippen molar-refractivity contribution in [3.8, 4) is 0 Å². The molecule has 1 saturated heterocycles. The van der Waals surface area contributed by atoms with Gasteiger partial charge in [0.15, 0.2) is 0 Å². The molecule has 0 bridgehead atoms. The Hall–Kier alpha value is -0.910. The van der Waals surface area contributed by atoms with E-state index in [1.807, 2.05) is 11.3 Å². The largest absolute Gasteiger partial charge is 0.342 e. The summed E-state index contributed by atoms with van der Waals surface area (Å²) in [5.74, 6) is 1.25. The minimum Gasteiger partial charge on any atom is -0.342 e. The van der Waals surface area contributed by atoms with Gasteiger partial charge in [0.05, 0.1) is 6.54 Å². The Morgan fingerprint density at radius 1 is 1.31 bits per heavy atom. The smallest absolute Gasteiger partial charge is 0.236 e. The molecule has 1 aromatic rings. The van der Waals surface area contributed by atoms with Crippen molar-refractivity contribution in [1.82, 2.24) is 14.7 Å². The third-order valence-electron chi connectivity index (χ3n) is 7.39. The van der Waals surface area contributed by atoms with Crippen LogP contribution in [0.15, 0.2) is 11.4 Å². The number of nitrogens with zero attached hydrogens (tertiary/aromatic N) is 3. The van der Waals surface area contributed by atoms with Gasteiger partial charge >= 0.3 is 0 Å². The van der Waals surface area contributed by atoms with E-state index in [2.05, 4.69) is 33.2 Å². The Labute approximate surface area is 161 Å². The molecule has 1 aromatic heterocycles. The number of likely N-dealkylation sites (tertiary alicyclic amines) is 1. The van der Waals surface area contributed by atoms with Gasteiger partial charge < -0.3 is 9.80 Å². The van der Waals surface area contributed by atoms with Crippen LogP contribution in [0.4, 0.5) is 0 Å². The van der Waals surface area contributed by atoms with Crippen molar-refractivity contribution < 1.29 is 4.79 Å². The number of carbonyl (C=O) groups excluding carboxylic acids is 1. The van der Waals surface area contributed by atoms with Gasteiger partial charge in [-0.3, -0.25) is 9.69 Å². The van der Waals surface area contributed by atoms with Crippen molar-refractivity contribution in [2.75, 3.05) is 39.8 Å². The first-order chi connectivity index (χ1) is 12.6. The van der Waals surface area contributed by atoms with E-state index < -0.39 is 0 Å². The molecular weight excluding hydrogens is 342 g/mol. The number of carbonyl (C=O) groups is 1. The average Bonchev–Trinajstić information content (AvgIpc) is 3.54. The summed E-state index contributed by atoms with van der Waals surface area (Å²) in [6.45, 7) is 5.86. The van der Waals surface area contributed by atoms with Crippen LogP contribution in [0.1, 0.15) is 42.5 Å². The summed E-state index contributed by atoms with van der Waals surface area (Å²) in [6, 6.07) is 3.11. The topological polar surface area (TPSA) is 26.8 Å². The van der Waals surface area contributed by atoms with E-state index in [4.69, 9.17) is 0 Å². The fourth-order valence-electron chi connectivity index (χ4n) is 5.25. The van der Waals surface area contributed by atoms with Crippen LogP contribution in [0.2, 0.25) is 0 Å². The van der Waals surface area contributed by atoms with Crippen molar-refractivity contribution in [1.29, 1.82) is 0 Å². The number of thiophene rings is 1. The van der Waals surface area contributed by atoms with Crippen LogP contribution in [-0.2, 0) is 17.8 Å². The molecule has 2 aliphatic heterocycles. The van der Waals surface area contributed by atoms with E-state index >= 15 is 0 Å². The van der Waals surface area contributed by atoms with Crippen LogP contribution in [0.25, 0.3) is 0 Å². The summed E-state index contributed by atoms with van der Waals surface area (Å²) in [5.41, 5.74) is 2.02. The van der Waals surface area contributed by atoms with E-state index in [-0.39, 0.29) is 0 Å². The normalized spacial score (nSPS) is 27.8. The molecule has 4 aliphatic rings. The Balaban J connectivity index is 1.09. The van der Waals surface area contributed by atoms with E-state index in [1.165, 1.54) is 49.1 Å². The second-order valence-corrected chi connectivity index (χ2v) is 10.1. The SMILES string of the molecule is CN(CC1CC12CCN(C(=O)CN1CCc3sccc3C1)CC2)C1CC1. The molecule has 3 heterocycles. The third kappa shape index (κ3) is 3.34. The predicted octanol–water partition coefficient (Wildman–Crippen LogP) is 2.83. The van der Waals surface area contributed by atoms with Gasteiger partial charge in [-0.1, -0.05) is 0 Å². The first-order valence-electron chi connectivity index (χ1n) is 10.4. The van der Waals surface area contributed by atoms with Gasteiger partial charge in [0.2, 0.25) is 5.91 Å². The van der Waals surface area contributed by atoms with Gasteiger partial charge in [0, 0.05) is 43.6 Å². The zero-order chi connectivity index (χ0) is 17.7. The lowest BCUT2D eigenvalue weighted by molar-refractivity contribution is -0.134. The molecule has 26 heavy (non-hydrogen) atoms. The van der Waals surface area contributed by atoms with Crippen molar-refractivity contribution in [3.05, 3.63) is 21.9 Å². The molecule has 2 saturated carbocycles. The van der Waals surface area contributed by atoms with E-state index in [9.17, 15) is 4.79 Å². The monoisotopic (exact) mass is 373 g/mol. The summed E-state index contributed by atoms with van der Waals surface area (Å²) in [6.07, 6.45) is 7.79. The first-order valence-corrected chi connectivity index (χ1v) is 11.3. The highest BCUT2D eigenvalue weighted by Crippen LogP contribution is 2.59. The Morgan fingerprint density at radius 2 is 2.12 bits per heavy atom. The van der Waals surface area contributed by atoms with Crippen LogP contribution in [0.3, 0.4) is 0 Å². The molecule has 5 heteroatoms. The fraction of sp³-hybridized carbons (Fsp3) is 0.762. The lowest BCUT2D eigenvalue weighted by atomic mass is 9.90. The highest BCUT2D eigenvalue weighted by atomic mass is 32.1. The van der Waals surface area contributed by atoms with Crippen molar-refractivity contribution in [2.24, 2.45) is 11.3 Å². The number of piperidine rings is 1. The van der Waals surface area contributed by atoms with Gasteiger partial charge in [0.1, 0.15) is 0 Å². The van der Waals surface area contributed by atoms with Crippen LogP contribution in [0, 0.1) is 11.3 Å². The molecular formula is C21H31N3OS. The molecule has 0 radical (unpaired) electrons. The molecule has 142 valence electrons. The molecule has 1 spiro atoms. The molecule has 5 rings (SSSR count). The molecule has 0 aromatic carbocycles. The average molecular weight is 374 g/mol. The highest BCUT2D eigenvalue weighted by molar-refractivity contribution is 7.10. The standard InChI is InChI=1S/C21H31N3OS/c1-22(18-2-3-18)14-17-12-21(17)6-9-24(10-7-21)20(25)15-23-8-4-19-16(13-23)5-11-26-19/h5,11,17-18H,2-4,6-10,12-15H2,1H3. The minimum atomic E-state index is 0.353. The first kappa shape index (κ1) is 17.2. The van der Waals surface area contributed by atoms with Crippen molar-refractivity contribution in [3.63, 3.8) is 0 Å². The summed E-state index contributed by atoms with van der Waals surface area (Å²) in [7, 11) is 2.31. The van der Waals surface area contributed by atoms with Gasteiger partial charge in [-0.05, 0) is 73.9 Å². The maximum atomic E-state index is 12.8. The van der Waals surface area contributed by atoms with Crippen molar-refractivity contribution in [2.45, 2.75) is 51.1 Å².